The molecular weight excluding hydrogens is 477 g/mol. The minimum atomic E-state index is -0.462. The van der Waals surface area contributed by atoms with Crippen molar-refractivity contribution in [1.29, 1.82) is 0 Å². The maximum absolute atomic E-state index is 13.6. The van der Waals surface area contributed by atoms with Crippen LogP contribution >= 0.6 is 0 Å². The van der Waals surface area contributed by atoms with E-state index < -0.39 is 6.29 Å². The predicted octanol–water partition coefficient (Wildman–Crippen LogP) is 2.50. The number of nitrogens with zero attached hydrogens (tertiary/aromatic N) is 3. The molecule has 0 aliphatic carbocycles. The van der Waals surface area contributed by atoms with Crippen LogP contribution in [0.5, 0.6) is 0 Å². The SMILES string of the molecule is CC(=O)NCC1COC(Cc2nc(-c3ccc(F)cc3)c(-c3ccnc(NC4CCNCC4)n3)[nH]2)OC1. The number of aromatic amines is 1. The number of aromatic nitrogens is 4. The Bertz CT molecular complexity index is 1190. The Labute approximate surface area is 214 Å². The molecule has 1 aromatic carbocycles. The van der Waals surface area contributed by atoms with Gasteiger partial charge in [-0.3, -0.25) is 4.79 Å². The summed E-state index contributed by atoms with van der Waals surface area (Å²) < 4.78 is 25.4. The van der Waals surface area contributed by atoms with Gasteiger partial charge in [-0.05, 0) is 56.3 Å². The van der Waals surface area contributed by atoms with Gasteiger partial charge in [0, 0.05) is 37.2 Å². The topological polar surface area (TPSA) is 126 Å². The average molecular weight is 510 g/mol. The number of benzene rings is 1. The minimum absolute atomic E-state index is 0.0719. The molecule has 2 fully saturated rings. The van der Waals surface area contributed by atoms with Gasteiger partial charge >= 0.3 is 0 Å². The summed E-state index contributed by atoms with van der Waals surface area (Å²) in [6.45, 7) is 4.92. The molecule has 0 atom stereocenters. The molecule has 4 heterocycles. The van der Waals surface area contributed by atoms with Crippen LogP contribution < -0.4 is 16.0 Å². The Morgan fingerprint density at radius 1 is 1.11 bits per heavy atom. The number of carbonyl (C=O) groups excluding carboxylic acids is 1. The molecule has 0 saturated carbocycles. The maximum atomic E-state index is 13.6. The van der Waals surface area contributed by atoms with Gasteiger partial charge in [0.25, 0.3) is 0 Å². The molecule has 1 amide bonds. The van der Waals surface area contributed by atoms with Gasteiger partial charge in [-0.1, -0.05) is 0 Å². The smallest absolute Gasteiger partial charge is 0.223 e. The number of carbonyl (C=O) groups is 1. The summed E-state index contributed by atoms with van der Waals surface area (Å²) in [5.41, 5.74) is 2.84. The van der Waals surface area contributed by atoms with Gasteiger partial charge in [0.05, 0.1) is 36.7 Å². The normalized spacial score (nSPS) is 20.5. The van der Waals surface area contributed by atoms with Crippen molar-refractivity contribution in [3.63, 3.8) is 0 Å². The lowest BCUT2D eigenvalue weighted by Crippen LogP contribution is -2.39. The molecule has 4 N–H and O–H groups in total. The largest absolute Gasteiger partial charge is 0.356 e. The number of H-pyrrole nitrogens is 1. The number of anilines is 1. The molecule has 0 bridgehead atoms. The monoisotopic (exact) mass is 509 g/mol. The molecule has 11 heteroatoms. The van der Waals surface area contributed by atoms with Crippen LogP contribution in [0.1, 0.15) is 25.6 Å². The highest BCUT2D eigenvalue weighted by atomic mass is 19.1. The summed E-state index contributed by atoms with van der Waals surface area (Å²) in [6.07, 6.45) is 3.69. The zero-order valence-electron chi connectivity index (χ0n) is 20.8. The highest BCUT2D eigenvalue weighted by Crippen LogP contribution is 2.30. The number of nitrogens with one attached hydrogen (secondary N) is 4. The van der Waals surface area contributed by atoms with Gasteiger partial charge in [0.15, 0.2) is 6.29 Å². The summed E-state index contributed by atoms with van der Waals surface area (Å²) in [5.74, 6) is 0.960. The van der Waals surface area contributed by atoms with Crippen LogP contribution in [0.4, 0.5) is 10.3 Å². The first-order chi connectivity index (χ1) is 18.0. The summed E-state index contributed by atoms with van der Waals surface area (Å²) in [4.78, 5) is 28.5. The standard InChI is InChI=1S/C26H32FN7O3/c1-16(35)30-13-17-14-36-23(37-15-17)12-22-33-24(18-2-4-19(27)5-3-18)25(34-22)21-8-11-29-26(32-21)31-20-6-9-28-10-7-20/h2-5,8,11,17,20,23,28H,6-7,9-10,12-15H2,1H3,(H,30,35)(H,33,34)(H,29,31,32). The second-order valence-corrected chi connectivity index (χ2v) is 9.45. The van der Waals surface area contributed by atoms with Gasteiger partial charge < -0.3 is 30.4 Å². The molecule has 37 heavy (non-hydrogen) atoms. The number of ether oxygens (including phenoxy) is 2. The van der Waals surface area contributed by atoms with Crippen LogP contribution in [0.15, 0.2) is 36.5 Å². The maximum Gasteiger partial charge on any atom is 0.223 e. The fourth-order valence-electron chi connectivity index (χ4n) is 4.50. The first-order valence-corrected chi connectivity index (χ1v) is 12.7. The number of imidazole rings is 1. The van der Waals surface area contributed by atoms with Gasteiger partial charge in [0.2, 0.25) is 11.9 Å². The van der Waals surface area contributed by atoms with Crippen LogP contribution in [0.3, 0.4) is 0 Å². The second kappa shape index (κ2) is 11.8. The first kappa shape index (κ1) is 25.2. The number of amides is 1. The van der Waals surface area contributed by atoms with E-state index in [1.165, 1.54) is 19.1 Å². The molecule has 2 aromatic heterocycles. The van der Waals surface area contributed by atoms with E-state index in [0.29, 0.717) is 55.4 Å². The fraction of sp³-hybridized carbons (Fsp3) is 0.462. The lowest BCUT2D eigenvalue weighted by atomic mass is 10.1. The van der Waals surface area contributed by atoms with Crippen molar-refractivity contribution < 1.29 is 18.7 Å². The van der Waals surface area contributed by atoms with Gasteiger partial charge in [-0.2, -0.15) is 0 Å². The molecule has 10 nitrogen and oxygen atoms in total. The minimum Gasteiger partial charge on any atom is -0.356 e. The Balaban J connectivity index is 1.35. The fourth-order valence-corrected chi connectivity index (χ4v) is 4.50. The van der Waals surface area contributed by atoms with E-state index in [-0.39, 0.29) is 17.6 Å². The summed E-state index contributed by atoms with van der Waals surface area (Å²) in [5, 5.41) is 9.59. The van der Waals surface area contributed by atoms with Crippen LogP contribution in [-0.2, 0) is 20.7 Å². The Morgan fingerprint density at radius 2 is 1.86 bits per heavy atom. The van der Waals surface area contributed by atoms with E-state index in [9.17, 15) is 9.18 Å². The molecular formula is C26H32FN7O3. The van der Waals surface area contributed by atoms with Crippen LogP contribution in [0.25, 0.3) is 22.6 Å². The van der Waals surface area contributed by atoms with Gasteiger partial charge in [-0.25, -0.2) is 19.3 Å². The van der Waals surface area contributed by atoms with Crippen molar-refractivity contribution in [2.45, 2.75) is 38.5 Å². The van der Waals surface area contributed by atoms with E-state index >= 15 is 0 Å². The third-order valence-electron chi connectivity index (χ3n) is 6.49. The highest BCUT2D eigenvalue weighted by Gasteiger charge is 2.25. The molecule has 0 unspecified atom stereocenters. The van der Waals surface area contributed by atoms with E-state index in [0.717, 1.165) is 37.2 Å². The zero-order chi connectivity index (χ0) is 25.6. The van der Waals surface area contributed by atoms with Gasteiger partial charge in [-0.15, -0.1) is 0 Å². The average Bonchev–Trinajstić information content (AvgIpc) is 3.33. The van der Waals surface area contributed by atoms with E-state index in [4.69, 9.17) is 19.4 Å². The molecule has 2 aliphatic heterocycles. The Hall–Kier alpha value is -3.41. The van der Waals surface area contributed by atoms with E-state index in [2.05, 4.69) is 25.9 Å². The molecule has 196 valence electrons. The van der Waals surface area contributed by atoms with Crippen molar-refractivity contribution in [2.75, 3.05) is 38.2 Å². The van der Waals surface area contributed by atoms with Crippen molar-refractivity contribution >= 4 is 11.9 Å². The van der Waals surface area contributed by atoms with Crippen LogP contribution in [-0.4, -0.2) is 71.0 Å². The van der Waals surface area contributed by atoms with Crippen LogP contribution in [0, 0.1) is 11.7 Å². The van der Waals surface area contributed by atoms with Crippen LogP contribution in [0.2, 0.25) is 0 Å². The third-order valence-corrected chi connectivity index (χ3v) is 6.49. The highest BCUT2D eigenvalue weighted by molar-refractivity contribution is 5.77. The number of hydrogen-bond donors (Lipinski definition) is 4. The lowest BCUT2D eigenvalue weighted by molar-refractivity contribution is -0.198. The van der Waals surface area contributed by atoms with E-state index in [1.807, 2.05) is 6.07 Å². The number of rotatable bonds is 8. The molecule has 3 aromatic rings. The quantitative estimate of drug-likeness (QED) is 0.365. The second-order valence-electron chi connectivity index (χ2n) is 9.45. The Kier molecular flexibility index (Phi) is 8.02. The van der Waals surface area contributed by atoms with E-state index in [1.54, 1.807) is 18.3 Å². The molecule has 2 aliphatic rings. The number of halogens is 1. The molecule has 5 rings (SSSR count). The number of piperidine rings is 1. The molecule has 0 radical (unpaired) electrons. The van der Waals surface area contributed by atoms with Crippen molar-refractivity contribution in [3.8, 4) is 22.6 Å². The van der Waals surface area contributed by atoms with Crippen molar-refractivity contribution in [2.24, 2.45) is 5.92 Å². The van der Waals surface area contributed by atoms with Gasteiger partial charge in [0.1, 0.15) is 11.6 Å². The zero-order valence-corrected chi connectivity index (χ0v) is 20.8. The van der Waals surface area contributed by atoms with Crippen molar-refractivity contribution in [3.05, 3.63) is 48.2 Å². The third kappa shape index (κ3) is 6.68. The summed E-state index contributed by atoms with van der Waals surface area (Å²) in [6, 6.07) is 8.39. The Morgan fingerprint density at radius 3 is 2.59 bits per heavy atom. The first-order valence-electron chi connectivity index (χ1n) is 12.7. The lowest BCUT2D eigenvalue weighted by Gasteiger charge is -2.29. The molecule has 0 spiro atoms. The van der Waals surface area contributed by atoms with Crippen molar-refractivity contribution in [1.82, 2.24) is 30.6 Å². The summed E-state index contributed by atoms with van der Waals surface area (Å²) in [7, 11) is 0. The predicted molar refractivity (Wildman–Crippen MR) is 136 cm³/mol. The molecule has 2 saturated heterocycles. The summed E-state index contributed by atoms with van der Waals surface area (Å²) >= 11 is 0. The number of hydrogen-bond acceptors (Lipinski definition) is 8.